The van der Waals surface area contributed by atoms with Gasteiger partial charge >= 0.3 is 12.1 Å². The Bertz CT molecular complexity index is 1270. The molecule has 0 radical (unpaired) electrons. The zero-order valence-corrected chi connectivity index (χ0v) is 18.3. The molecule has 0 fully saturated rings. The number of ether oxygens (including phenoxy) is 1. The third-order valence-corrected chi connectivity index (χ3v) is 4.81. The Morgan fingerprint density at radius 1 is 1.03 bits per heavy atom. The van der Waals surface area contributed by atoms with Gasteiger partial charge in [-0.2, -0.15) is 13.2 Å². The largest absolute Gasteiger partial charge is 0.444 e. The normalized spacial score (nSPS) is 12.2. The second-order valence-corrected chi connectivity index (χ2v) is 7.45. The minimum Gasteiger partial charge on any atom is -0.444 e. The first-order valence-electron chi connectivity index (χ1n) is 10.2. The number of nitrogens with zero attached hydrogens (tertiary/aromatic N) is 1. The molecule has 1 unspecified atom stereocenters. The molecule has 3 aromatic rings. The molecule has 0 bridgehead atoms. The van der Waals surface area contributed by atoms with Crippen LogP contribution in [-0.4, -0.2) is 16.8 Å². The summed E-state index contributed by atoms with van der Waals surface area (Å²) in [4.78, 5) is 36.1. The lowest BCUT2D eigenvalue weighted by Gasteiger charge is -2.17. The van der Waals surface area contributed by atoms with Crippen molar-refractivity contribution in [3.05, 3.63) is 111 Å². The van der Waals surface area contributed by atoms with Crippen LogP contribution in [-0.2, 0) is 20.5 Å². The second-order valence-electron chi connectivity index (χ2n) is 7.45. The summed E-state index contributed by atoms with van der Waals surface area (Å²) in [7, 11) is 0. The summed E-state index contributed by atoms with van der Waals surface area (Å²) in [5, 5.41) is 13.8. The number of nitrogens with one attached hydrogen (secondary N) is 1. The maximum absolute atomic E-state index is 13.0. The van der Waals surface area contributed by atoms with Crippen LogP contribution < -0.4 is 5.32 Å². The van der Waals surface area contributed by atoms with Crippen molar-refractivity contribution in [2.75, 3.05) is 5.32 Å². The Morgan fingerprint density at radius 2 is 1.74 bits per heavy atom. The lowest BCUT2D eigenvalue weighted by atomic mass is 10.1. The number of alkyl halides is 3. The Morgan fingerprint density at radius 3 is 2.40 bits per heavy atom. The predicted octanol–water partition coefficient (Wildman–Crippen LogP) is 5.86. The lowest BCUT2D eigenvalue weighted by Crippen LogP contribution is -2.25. The molecular weight excluding hydrogens is 465 g/mol. The van der Waals surface area contributed by atoms with Gasteiger partial charge in [0.25, 0.3) is 11.6 Å². The Labute approximate surface area is 198 Å². The number of carbonyl (C=O) groups excluding carboxylic acids is 2. The fourth-order valence-corrected chi connectivity index (χ4v) is 3.14. The van der Waals surface area contributed by atoms with Crippen LogP contribution in [0.3, 0.4) is 0 Å². The summed E-state index contributed by atoms with van der Waals surface area (Å²) >= 11 is 0. The average molecular weight is 484 g/mol. The Kier molecular flexibility index (Phi) is 7.65. The van der Waals surface area contributed by atoms with Gasteiger partial charge in [0, 0.05) is 17.7 Å². The number of esters is 1. The van der Waals surface area contributed by atoms with E-state index in [1.54, 1.807) is 31.2 Å². The van der Waals surface area contributed by atoms with Crippen molar-refractivity contribution in [3.8, 4) is 0 Å². The fraction of sp³-hybridized carbons (Fsp3) is 0.120. The van der Waals surface area contributed by atoms with Gasteiger partial charge in [-0.15, -0.1) is 0 Å². The van der Waals surface area contributed by atoms with Gasteiger partial charge in [0.15, 0.2) is 0 Å². The first-order valence-corrected chi connectivity index (χ1v) is 10.2. The number of nitro benzene ring substituents is 1. The highest BCUT2D eigenvalue weighted by Gasteiger charge is 2.30. The smallest absolute Gasteiger partial charge is 0.416 e. The number of benzene rings is 3. The molecule has 1 N–H and O–H groups in total. The highest BCUT2D eigenvalue weighted by atomic mass is 19.4. The van der Waals surface area contributed by atoms with E-state index in [-0.39, 0.29) is 16.9 Å². The molecule has 1 atom stereocenters. The van der Waals surface area contributed by atoms with Gasteiger partial charge in [0.05, 0.1) is 10.5 Å². The van der Waals surface area contributed by atoms with Crippen molar-refractivity contribution in [3.63, 3.8) is 0 Å². The minimum absolute atomic E-state index is 0.0814. The Balaban J connectivity index is 1.82. The summed E-state index contributed by atoms with van der Waals surface area (Å²) in [5.74, 6) is -1.84. The SMILES string of the molecule is Cc1ccc(NC(=O)C(OC(=O)/C=C/c2cccc(C(F)(F)F)c2)c2ccccc2)c([N+](=O)[O-])c1. The summed E-state index contributed by atoms with van der Waals surface area (Å²) in [5.41, 5.74) is -0.286. The van der Waals surface area contributed by atoms with E-state index in [4.69, 9.17) is 4.74 Å². The highest BCUT2D eigenvalue weighted by molar-refractivity contribution is 5.99. The molecule has 180 valence electrons. The number of amides is 1. The van der Waals surface area contributed by atoms with Crippen molar-refractivity contribution >= 4 is 29.3 Å². The molecule has 3 rings (SSSR count). The number of aryl methyl sites for hydroxylation is 1. The molecule has 1 amide bonds. The highest BCUT2D eigenvalue weighted by Crippen LogP contribution is 2.30. The molecule has 0 aromatic heterocycles. The second kappa shape index (κ2) is 10.6. The van der Waals surface area contributed by atoms with E-state index in [1.807, 2.05) is 0 Å². The quantitative estimate of drug-likeness (QED) is 0.196. The molecule has 10 heteroatoms. The van der Waals surface area contributed by atoms with E-state index < -0.39 is 34.6 Å². The first kappa shape index (κ1) is 25.2. The van der Waals surface area contributed by atoms with Crippen molar-refractivity contribution in [2.45, 2.75) is 19.2 Å². The predicted molar refractivity (Wildman–Crippen MR) is 122 cm³/mol. The Hall–Kier alpha value is -4.47. The van der Waals surface area contributed by atoms with E-state index in [9.17, 15) is 32.9 Å². The molecule has 3 aromatic carbocycles. The van der Waals surface area contributed by atoms with Gasteiger partial charge in [-0.3, -0.25) is 14.9 Å². The topological polar surface area (TPSA) is 98.5 Å². The van der Waals surface area contributed by atoms with Gasteiger partial charge in [-0.25, -0.2) is 4.79 Å². The van der Waals surface area contributed by atoms with Crippen LogP contribution in [0, 0.1) is 17.0 Å². The molecule has 0 saturated carbocycles. The van der Waals surface area contributed by atoms with Crippen molar-refractivity contribution in [2.24, 2.45) is 0 Å². The molecule has 0 saturated heterocycles. The van der Waals surface area contributed by atoms with Crippen LogP contribution in [0.2, 0.25) is 0 Å². The van der Waals surface area contributed by atoms with Crippen LogP contribution in [0.15, 0.2) is 78.9 Å². The maximum Gasteiger partial charge on any atom is 0.416 e. The molecule has 7 nitrogen and oxygen atoms in total. The number of halogens is 3. The first-order chi connectivity index (χ1) is 16.5. The van der Waals surface area contributed by atoms with Gasteiger partial charge in [0.1, 0.15) is 5.69 Å². The molecule has 0 heterocycles. The zero-order valence-electron chi connectivity index (χ0n) is 18.3. The molecule has 35 heavy (non-hydrogen) atoms. The van der Waals surface area contributed by atoms with E-state index in [0.29, 0.717) is 11.1 Å². The van der Waals surface area contributed by atoms with E-state index >= 15 is 0 Å². The molecule has 0 aliphatic rings. The van der Waals surface area contributed by atoms with Gasteiger partial charge in [0.2, 0.25) is 6.10 Å². The van der Waals surface area contributed by atoms with Crippen molar-refractivity contribution < 1.29 is 32.4 Å². The van der Waals surface area contributed by atoms with Gasteiger partial charge in [-0.05, 0) is 42.3 Å². The number of hydrogen-bond acceptors (Lipinski definition) is 5. The van der Waals surface area contributed by atoms with Crippen LogP contribution >= 0.6 is 0 Å². The van der Waals surface area contributed by atoms with E-state index in [1.165, 1.54) is 36.4 Å². The lowest BCUT2D eigenvalue weighted by molar-refractivity contribution is -0.384. The summed E-state index contributed by atoms with van der Waals surface area (Å²) in [6.45, 7) is 1.66. The molecular formula is C25H19F3N2O5. The van der Waals surface area contributed by atoms with Crippen LogP contribution in [0.1, 0.15) is 28.4 Å². The minimum atomic E-state index is -4.54. The fourth-order valence-electron chi connectivity index (χ4n) is 3.14. The number of nitro groups is 1. The number of carbonyl (C=O) groups is 2. The molecule has 0 aliphatic heterocycles. The summed E-state index contributed by atoms with van der Waals surface area (Å²) < 4.78 is 44.0. The van der Waals surface area contributed by atoms with E-state index in [0.717, 1.165) is 24.3 Å². The van der Waals surface area contributed by atoms with Crippen molar-refractivity contribution in [1.29, 1.82) is 0 Å². The number of hydrogen-bond donors (Lipinski definition) is 1. The van der Waals surface area contributed by atoms with Crippen LogP contribution in [0.5, 0.6) is 0 Å². The molecule has 0 aliphatic carbocycles. The number of anilines is 1. The number of rotatable bonds is 7. The van der Waals surface area contributed by atoms with E-state index in [2.05, 4.69) is 5.32 Å². The van der Waals surface area contributed by atoms with Crippen molar-refractivity contribution in [1.82, 2.24) is 0 Å². The summed E-state index contributed by atoms with van der Waals surface area (Å²) in [6, 6.07) is 16.5. The maximum atomic E-state index is 13.0. The third kappa shape index (κ3) is 6.76. The monoisotopic (exact) mass is 484 g/mol. The zero-order chi connectivity index (χ0) is 25.6. The molecule has 0 spiro atoms. The standard InChI is InChI=1S/C25H19F3N2O5/c1-16-10-12-20(21(14-16)30(33)34)29-24(32)23(18-7-3-2-4-8-18)35-22(31)13-11-17-6-5-9-19(15-17)25(26,27)28/h2-15,23H,1H3,(H,29,32)/b13-11+. The third-order valence-electron chi connectivity index (χ3n) is 4.81. The van der Waals surface area contributed by atoms with Crippen LogP contribution in [0.25, 0.3) is 6.08 Å². The van der Waals surface area contributed by atoms with Gasteiger partial charge < -0.3 is 10.1 Å². The average Bonchev–Trinajstić information content (AvgIpc) is 2.82. The van der Waals surface area contributed by atoms with Crippen LogP contribution in [0.4, 0.5) is 24.5 Å². The van der Waals surface area contributed by atoms with Gasteiger partial charge in [-0.1, -0.05) is 48.5 Å². The summed E-state index contributed by atoms with van der Waals surface area (Å²) in [6.07, 6.45) is -4.00.